The van der Waals surface area contributed by atoms with E-state index in [1.54, 1.807) is 12.1 Å². The Balaban J connectivity index is 0.00000281. The molecule has 0 radical (unpaired) electrons. The molecule has 16 heteroatoms. The molecule has 6 aromatic rings. The minimum Gasteiger partial charge on any atom is -0.871 e. The Morgan fingerprint density at radius 3 is 1.22 bits per heavy atom. The second kappa shape index (κ2) is 15.4. The number of fused-ring (bicyclic) bond motifs is 2. The molecule has 0 aliphatic carbocycles. The Morgan fingerprint density at radius 2 is 0.880 bits per heavy atom. The van der Waals surface area contributed by atoms with Gasteiger partial charge in [-0.1, -0.05) is 60.0 Å². The summed E-state index contributed by atoms with van der Waals surface area (Å²) >= 11 is 0. The molecular weight excluding hydrogens is 703 g/mol. The van der Waals surface area contributed by atoms with Crippen LogP contribution in [-0.2, 0) is 20.2 Å². The number of azo groups is 2. The SMILES string of the molecule is Cc1cc(N=Nc2c([O-])ccc3cc(S(=O)(=O)O)ccc23)ccc1-c1ccc(N=Nc2c([O-])ccc3cc(S(=O)(=O)O)ccc23)cc1C.[Na+].[Na+]. The fourth-order valence-electron chi connectivity index (χ4n) is 5.31. The van der Waals surface area contributed by atoms with Crippen molar-refractivity contribution in [3.05, 3.63) is 108 Å². The van der Waals surface area contributed by atoms with Gasteiger partial charge >= 0.3 is 59.1 Å². The van der Waals surface area contributed by atoms with Gasteiger partial charge in [0.1, 0.15) is 0 Å². The maximum absolute atomic E-state index is 12.6. The summed E-state index contributed by atoms with van der Waals surface area (Å²) in [4.78, 5) is -0.593. The summed E-state index contributed by atoms with van der Waals surface area (Å²) in [6.07, 6.45) is 0. The van der Waals surface area contributed by atoms with Crippen molar-refractivity contribution in [3.63, 3.8) is 0 Å². The Morgan fingerprint density at radius 1 is 0.500 bits per heavy atom. The van der Waals surface area contributed by atoms with Gasteiger partial charge in [0.2, 0.25) is 0 Å². The zero-order valence-electron chi connectivity index (χ0n) is 27.2. The van der Waals surface area contributed by atoms with Crippen LogP contribution in [0.1, 0.15) is 11.1 Å². The summed E-state index contributed by atoms with van der Waals surface area (Å²) in [7, 11) is -8.83. The summed E-state index contributed by atoms with van der Waals surface area (Å²) in [5.41, 5.74) is 4.60. The van der Waals surface area contributed by atoms with Crippen molar-refractivity contribution in [1.82, 2.24) is 0 Å². The second-order valence-electron chi connectivity index (χ2n) is 10.9. The van der Waals surface area contributed by atoms with Crippen LogP contribution in [-0.4, -0.2) is 25.9 Å². The first-order valence-electron chi connectivity index (χ1n) is 14.2. The first kappa shape index (κ1) is 39.2. The Bertz CT molecular complexity index is 2400. The molecule has 12 nitrogen and oxygen atoms in total. The molecule has 0 fully saturated rings. The van der Waals surface area contributed by atoms with Gasteiger partial charge in [-0.3, -0.25) is 9.11 Å². The Hall–Kier alpha value is -3.54. The standard InChI is InChI=1S/C34H26N4O8S2.2Na/c1-19-15-23(35-37-33-29-11-7-25(47(41,42)43)17-21(29)3-13-31(33)39)5-9-27(19)28-10-6-24(16-20(28)2)36-38-34-30-12-8-26(48(44,45)46)18-22(30)4-14-32(34)40;;/h3-18,39-40H,1-2H3,(H,41,42,43)(H,44,45,46);;/q;2*+1/p-2. The zero-order valence-corrected chi connectivity index (χ0v) is 32.8. The van der Waals surface area contributed by atoms with Crippen molar-refractivity contribution >= 4 is 64.5 Å². The van der Waals surface area contributed by atoms with Crippen LogP contribution in [0.3, 0.4) is 0 Å². The van der Waals surface area contributed by atoms with Gasteiger partial charge in [-0.2, -0.15) is 37.3 Å². The number of nitrogens with zero attached hydrogens (tertiary/aromatic N) is 4. The number of hydrogen-bond acceptors (Lipinski definition) is 10. The molecule has 6 aromatic carbocycles. The number of aryl methyl sites for hydroxylation is 2. The fraction of sp³-hybridized carbons (Fsp3) is 0.0588. The molecule has 0 aliphatic rings. The van der Waals surface area contributed by atoms with Gasteiger partial charge in [-0.25, -0.2) is 0 Å². The number of benzene rings is 6. The molecule has 0 aromatic heterocycles. The van der Waals surface area contributed by atoms with Gasteiger partial charge < -0.3 is 10.2 Å². The molecule has 6 rings (SSSR count). The molecule has 0 unspecified atom stereocenters. The predicted molar refractivity (Wildman–Crippen MR) is 176 cm³/mol. The molecule has 2 N–H and O–H groups in total. The summed E-state index contributed by atoms with van der Waals surface area (Å²) < 4.78 is 64.8. The van der Waals surface area contributed by atoms with Crippen LogP contribution < -0.4 is 69.3 Å². The average Bonchev–Trinajstić information content (AvgIpc) is 3.03. The molecule has 0 aliphatic heterocycles. The summed E-state index contributed by atoms with van der Waals surface area (Å²) in [5.74, 6) is -0.796. The van der Waals surface area contributed by atoms with Crippen molar-refractivity contribution < 1.29 is 95.3 Å². The van der Waals surface area contributed by atoms with Crippen molar-refractivity contribution in [1.29, 1.82) is 0 Å². The Kier molecular flexibility index (Phi) is 12.1. The molecule has 0 saturated carbocycles. The van der Waals surface area contributed by atoms with Gasteiger partial charge in [0.25, 0.3) is 20.2 Å². The monoisotopic (exact) mass is 726 g/mol. The van der Waals surface area contributed by atoms with Gasteiger partial charge in [0, 0.05) is 10.8 Å². The predicted octanol–water partition coefficient (Wildman–Crippen LogP) is 1.76. The molecule has 242 valence electrons. The minimum absolute atomic E-state index is 0. The molecule has 0 saturated heterocycles. The molecule has 0 amide bonds. The van der Waals surface area contributed by atoms with Crippen LogP contribution in [0.4, 0.5) is 22.7 Å². The van der Waals surface area contributed by atoms with Crippen LogP contribution in [0.15, 0.2) is 127 Å². The third kappa shape index (κ3) is 8.32. The molecule has 50 heavy (non-hydrogen) atoms. The molecule has 0 bridgehead atoms. The van der Waals surface area contributed by atoms with Crippen molar-refractivity contribution in [2.45, 2.75) is 23.6 Å². The number of hydrogen-bond donors (Lipinski definition) is 2. The van der Waals surface area contributed by atoms with Crippen LogP contribution in [0.2, 0.25) is 0 Å². The van der Waals surface area contributed by atoms with Crippen molar-refractivity contribution in [2.75, 3.05) is 0 Å². The quantitative estimate of drug-likeness (QED) is 0.141. The first-order valence-corrected chi connectivity index (χ1v) is 17.0. The van der Waals surface area contributed by atoms with Crippen molar-refractivity contribution in [2.24, 2.45) is 20.5 Å². The fourth-order valence-corrected chi connectivity index (χ4v) is 6.34. The van der Waals surface area contributed by atoms with Gasteiger partial charge in [-0.05, 0) is 95.4 Å². The van der Waals surface area contributed by atoms with E-state index in [2.05, 4.69) is 20.5 Å². The number of rotatable bonds is 7. The molecular formula is C34H24N4Na2O8S2. The normalized spacial score (nSPS) is 12.0. The third-order valence-electron chi connectivity index (χ3n) is 7.69. The Labute approximate surface area is 331 Å². The molecule has 0 heterocycles. The van der Waals surface area contributed by atoms with Gasteiger partial charge in [0.15, 0.2) is 0 Å². The maximum atomic E-state index is 12.6. The van der Waals surface area contributed by atoms with E-state index in [0.29, 0.717) is 32.9 Å². The van der Waals surface area contributed by atoms with E-state index in [1.807, 2.05) is 38.1 Å². The van der Waals surface area contributed by atoms with E-state index in [4.69, 9.17) is 0 Å². The minimum atomic E-state index is -4.41. The second-order valence-corrected chi connectivity index (χ2v) is 13.8. The summed E-state index contributed by atoms with van der Waals surface area (Å²) in [6, 6.07) is 24.0. The van der Waals surface area contributed by atoms with Crippen molar-refractivity contribution in [3.8, 4) is 22.6 Å². The zero-order chi connectivity index (χ0) is 34.4. The van der Waals surface area contributed by atoms with E-state index < -0.39 is 31.7 Å². The average molecular weight is 727 g/mol. The van der Waals surface area contributed by atoms with E-state index in [1.165, 1.54) is 60.7 Å². The van der Waals surface area contributed by atoms with E-state index in [9.17, 15) is 36.2 Å². The van der Waals surface area contributed by atoms with Gasteiger partial charge in [-0.15, -0.1) is 0 Å². The van der Waals surface area contributed by atoms with Crippen LogP contribution in [0.5, 0.6) is 11.5 Å². The molecule has 0 spiro atoms. The maximum Gasteiger partial charge on any atom is 1.00 e. The topological polar surface area (TPSA) is 204 Å². The molecule has 0 atom stereocenters. The van der Waals surface area contributed by atoms with E-state index in [-0.39, 0.29) is 80.3 Å². The largest absolute Gasteiger partial charge is 1.00 e. The summed E-state index contributed by atoms with van der Waals surface area (Å²) in [6.45, 7) is 3.80. The van der Waals surface area contributed by atoms with Crippen LogP contribution in [0.25, 0.3) is 32.7 Å². The van der Waals surface area contributed by atoms with Crippen LogP contribution >= 0.6 is 0 Å². The first-order chi connectivity index (χ1) is 22.7. The van der Waals surface area contributed by atoms with E-state index >= 15 is 0 Å². The third-order valence-corrected chi connectivity index (χ3v) is 9.39. The smallest absolute Gasteiger partial charge is 0.871 e. The van der Waals surface area contributed by atoms with Crippen LogP contribution in [0, 0.1) is 13.8 Å². The summed E-state index contributed by atoms with van der Waals surface area (Å²) in [5, 5.41) is 43.6. The van der Waals surface area contributed by atoms with Gasteiger partial charge in [0.05, 0.1) is 32.5 Å². The van der Waals surface area contributed by atoms with E-state index in [0.717, 1.165) is 22.3 Å².